The summed E-state index contributed by atoms with van der Waals surface area (Å²) in [5, 5.41) is 0. The minimum Gasteiger partial charge on any atom is -1.00 e. The SMILES string of the molecule is CCCCCCCCCCCCCC[n+]1ccn(CCCC)c1.[Cl-]. The molecule has 1 rings (SSSR count). The lowest BCUT2D eigenvalue weighted by Crippen LogP contribution is -3.00. The largest absolute Gasteiger partial charge is 1.00 e. The smallest absolute Gasteiger partial charge is 0.243 e. The topological polar surface area (TPSA) is 8.81 Å². The first-order valence-corrected chi connectivity index (χ1v) is 10.4. The Morgan fingerprint density at radius 3 is 1.71 bits per heavy atom. The second kappa shape index (κ2) is 17.3. The second-order valence-corrected chi connectivity index (χ2v) is 7.13. The minimum absolute atomic E-state index is 0. The van der Waals surface area contributed by atoms with Gasteiger partial charge in [-0.2, -0.15) is 0 Å². The molecule has 0 bridgehead atoms. The number of unbranched alkanes of at least 4 members (excludes halogenated alkanes) is 12. The van der Waals surface area contributed by atoms with Gasteiger partial charge < -0.3 is 12.4 Å². The molecule has 1 heterocycles. The highest BCUT2D eigenvalue weighted by Gasteiger charge is 2.02. The van der Waals surface area contributed by atoms with E-state index in [0.29, 0.717) is 0 Å². The Morgan fingerprint density at radius 2 is 1.17 bits per heavy atom. The average Bonchev–Trinajstić information content (AvgIpc) is 3.02. The molecule has 0 aliphatic heterocycles. The highest BCUT2D eigenvalue weighted by atomic mass is 35.5. The standard InChI is InChI=1S/C21H41N2.ClH/c1-3-5-7-8-9-10-11-12-13-14-15-16-18-23-20-19-22(21-23)17-6-4-2;/h19-21H,3-18H2,1-2H3;1H/q+1;/p-1. The van der Waals surface area contributed by atoms with E-state index in [1.807, 2.05) is 0 Å². The van der Waals surface area contributed by atoms with E-state index in [0.717, 1.165) is 0 Å². The summed E-state index contributed by atoms with van der Waals surface area (Å²) in [5.41, 5.74) is 0. The van der Waals surface area contributed by atoms with Gasteiger partial charge >= 0.3 is 0 Å². The summed E-state index contributed by atoms with van der Waals surface area (Å²) in [6.07, 6.45) is 26.4. The van der Waals surface area contributed by atoms with E-state index in [1.54, 1.807) is 0 Å². The van der Waals surface area contributed by atoms with Crippen molar-refractivity contribution in [3.63, 3.8) is 0 Å². The molecule has 0 fully saturated rings. The lowest BCUT2D eigenvalue weighted by Gasteiger charge is -2.02. The lowest BCUT2D eigenvalue weighted by atomic mass is 10.1. The van der Waals surface area contributed by atoms with E-state index in [2.05, 4.69) is 41.7 Å². The van der Waals surface area contributed by atoms with Gasteiger partial charge in [-0.05, 0) is 19.3 Å². The highest BCUT2D eigenvalue weighted by molar-refractivity contribution is 4.65. The van der Waals surface area contributed by atoms with Crippen LogP contribution in [0.15, 0.2) is 18.7 Å². The lowest BCUT2D eigenvalue weighted by molar-refractivity contribution is -0.696. The summed E-state index contributed by atoms with van der Waals surface area (Å²) in [6, 6.07) is 0. The van der Waals surface area contributed by atoms with Crippen LogP contribution >= 0.6 is 0 Å². The van der Waals surface area contributed by atoms with E-state index in [4.69, 9.17) is 0 Å². The number of aromatic nitrogens is 2. The molecule has 0 saturated heterocycles. The van der Waals surface area contributed by atoms with Crippen molar-refractivity contribution in [2.75, 3.05) is 0 Å². The molecule has 0 spiro atoms. The molecule has 0 N–H and O–H groups in total. The summed E-state index contributed by atoms with van der Waals surface area (Å²) < 4.78 is 4.68. The molecule has 142 valence electrons. The number of aryl methyl sites for hydroxylation is 2. The zero-order valence-corrected chi connectivity index (χ0v) is 17.1. The van der Waals surface area contributed by atoms with Gasteiger partial charge in [0, 0.05) is 0 Å². The van der Waals surface area contributed by atoms with Crippen molar-refractivity contribution in [2.45, 2.75) is 117 Å². The first kappa shape index (κ1) is 23.5. The first-order valence-electron chi connectivity index (χ1n) is 10.4. The zero-order valence-electron chi connectivity index (χ0n) is 16.3. The van der Waals surface area contributed by atoms with Gasteiger partial charge in [0.1, 0.15) is 12.4 Å². The van der Waals surface area contributed by atoms with Crippen LogP contribution in [0, 0.1) is 0 Å². The Hall–Kier alpha value is -0.500. The Bertz CT molecular complexity index is 362. The van der Waals surface area contributed by atoms with Crippen molar-refractivity contribution in [2.24, 2.45) is 0 Å². The number of hydrogen-bond donors (Lipinski definition) is 0. The van der Waals surface area contributed by atoms with E-state index in [1.165, 1.54) is 103 Å². The minimum atomic E-state index is 0. The number of imidazole rings is 1. The Morgan fingerprint density at radius 1 is 0.667 bits per heavy atom. The van der Waals surface area contributed by atoms with Gasteiger partial charge in [-0.3, -0.25) is 0 Å². The molecule has 0 radical (unpaired) electrons. The first-order chi connectivity index (χ1) is 11.4. The van der Waals surface area contributed by atoms with Crippen LogP contribution in [0.1, 0.15) is 104 Å². The number of rotatable bonds is 16. The fourth-order valence-electron chi connectivity index (χ4n) is 3.18. The van der Waals surface area contributed by atoms with Crippen LogP contribution in [0.2, 0.25) is 0 Å². The quantitative estimate of drug-likeness (QED) is 0.317. The molecule has 0 atom stereocenters. The van der Waals surface area contributed by atoms with Crippen molar-refractivity contribution in [1.82, 2.24) is 4.57 Å². The van der Waals surface area contributed by atoms with Gasteiger partial charge in [0.15, 0.2) is 0 Å². The van der Waals surface area contributed by atoms with Gasteiger partial charge in [-0.15, -0.1) is 0 Å². The van der Waals surface area contributed by atoms with E-state index >= 15 is 0 Å². The maximum absolute atomic E-state index is 2.35. The van der Waals surface area contributed by atoms with Gasteiger partial charge in [0.05, 0.1) is 13.1 Å². The highest BCUT2D eigenvalue weighted by Crippen LogP contribution is 2.11. The molecule has 0 unspecified atom stereocenters. The van der Waals surface area contributed by atoms with Crippen LogP contribution < -0.4 is 17.0 Å². The third-order valence-corrected chi connectivity index (χ3v) is 4.79. The van der Waals surface area contributed by atoms with Crippen LogP contribution in [0.3, 0.4) is 0 Å². The molecule has 1 aromatic heterocycles. The summed E-state index contributed by atoms with van der Waals surface area (Å²) in [7, 11) is 0. The van der Waals surface area contributed by atoms with E-state index in [-0.39, 0.29) is 12.4 Å². The molecule has 1 aromatic rings. The van der Waals surface area contributed by atoms with Crippen LogP contribution in [0.25, 0.3) is 0 Å². The summed E-state index contributed by atoms with van der Waals surface area (Å²) in [6.45, 7) is 6.91. The van der Waals surface area contributed by atoms with Gasteiger partial charge in [0.25, 0.3) is 0 Å². The third kappa shape index (κ3) is 12.9. The van der Waals surface area contributed by atoms with E-state index < -0.39 is 0 Å². The number of hydrogen-bond acceptors (Lipinski definition) is 0. The molecule has 3 heteroatoms. The normalized spacial score (nSPS) is 10.8. The molecule has 2 nitrogen and oxygen atoms in total. The molecule has 0 saturated carbocycles. The maximum Gasteiger partial charge on any atom is 0.243 e. The van der Waals surface area contributed by atoms with Crippen LogP contribution in [-0.2, 0) is 13.1 Å². The van der Waals surface area contributed by atoms with Crippen LogP contribution in [0.5, 0.6) is 0 Å². The van der Waals surface area contributed by atoms with Gasteiger partial charge in [-0.25, -0.2) is 9.13 Å². The molecule has 0 amide bonds. The van der Waals surface area contributed by atoms with Crippen LogP contribution in [-0.4, -0.2) is 4.57 Å². The maximum atomic E-state index is 2.35. The fraction of sp³-hybridized carbons (Fsp3) is 0.857. The fourth-order valence-corrected chi connectivity index (χ4v) is 3.18. The predicted molar refractivity (Wildman–Crippen MR) is 101 cm³/mol. The summed E-state index contributed by atoms with van der Waals surface area (Å²) in [5.74, 6) is 0. The number of halogens is 1. The average molecular weight is 357 g/mol. The van der Waals surface area contributed by atoms with Crippen molar-refractivity contribution in [1.29, 1.82) is 0 Å². The van der Waals surface area contributed by atoms with Gasteiger partial charge in [-0.1, -0.05) is 84.5 Å². The zero-order chi connectivity index (χ0) is 16.6. The van der Waals surface area contributed by atoms with E-state index in [9.17, 15) is 0 Å². The van der Waals surface area contributed by atoms with Crippen molar-refractivity contribution in [3.05, 3.63) is 18.7 Å². The molecule has 0 aliphatic rings. The van der Waals surface area contributed by atoms with Crippen molar-refractivity contribution >= 4 is 0 Å². The van der Waals surface area contributed by atoms with Crippen molar-refractivity contribution in [3.8, 4) is 0 Å². The molecular formula is C21H41ClN2. The Balaban J connectivity index is 0.00000529. The monoisotopic (exact) mass is 356 g/mol. The van der Waals surface area contributed by atoms with Gasteiger partial charge in [0.2, 0.25) is 6.33 Å². The van der Waals surface area contributed by atoms with Crippen molar-refractivity contribution < 1.29 is 17.0 Å². The third-order valence-electron chi connectivity index (χ3n) is 4.79. The summed E-state index contributed by atoms with van der Waals surface area (Å²) >= 11 is 0. The molecule has 0 aliphatic carbocycles. The summed E-state index contributed by atoms with van der Waals surface area (Å²) in [4.78, 5) is 0. The Labute approximate surface area is 157 Å². The molecular weight excluding hydrogens is 316 g/mol. The second-order valence-electron chi connectivity index (χ2n) is 7.13. The number of nitrogens with zero attached hydrogens (tertiary/aromatic N) is 2. The predicted octanol–water partition coefficient (Wildman–Crippen LogP) is 3.28. The van der Waals surface area contributed by atoms with Crippen LogP contribution in [0.4, 0.5) is 0 Å². The Kier molecular flexibility index (Phi) is 17.0. The molecule has 0 aromatic carbocycles. The molecule has 24 heavy (non-hydrogen) atoms.